The molecule has 222 valence electrons. The molecule has 0 radical (unpaired) electrons. The molecule has 3 aliphatic rings. The van der Waals surface area contributed by atoms with Crippen LogP contribution in [0, 0.1) is 0 Å². The van der Waals surface area contributed by atoms with E-state index in [4.69, 9.17) is 27.8 Å². The van der Waals surface area contributed by atoms with E-state index in [0.717, 1.165) is 19.3 Å². The van der Waals surface area contributed by atoms with Crippen LogP contribution in [0.15, 0.2) is 16.9 Å². The molecule has 3 atom stereocenters. The maximum absolute atomic E-state index is 13.0. The van der Waals surface area contributed by atoms with Crippen LogP contribution in [0.4, 0.5) is 17.5 Å². The van der Waals surface area contributed by atoms with Crippen molar-refractivity contribution in [1.29, 1.82) is 0 Å². The lowest BCUT2D eigenvalue weighted by atomic mass is 9.97. The van der Waals surface area contributed by atoms with E-state index in [2.05, 4.69) is 32.1 Å². The number of piperidine rings is 1. The van der Waals surface area contributed by atoms with Gasteiger partial charge in [-0.15, -0.1) is 0 Å². The van der Waals surface area contributed by atoms with Crippen molar-refractivity contribution in [2.45, 2.75) is 50.4 Å². The van der Waals surface area contributed by atoms with Crippen molar-refractivity contribution in [3.05, 3.63) is 38.9 Å². The first-order valence-corrected chi connectivity index (χ1v) is 14.2. The minimum atomic E-state index is -0.825. The van der Waals surface area contributed by atoms with Gasteiger partial charge in [-0.25, -0.2) is 9.97 Å². The Bertz CT molecular complexity index is 1350. The van der Waals surface area contributed by atoms with E-state index in [-0.39, 0.29) is 53.5 Å². The fourth-order valence-corrected chi connectivity index (χ4v) is 6.02. The van der Waals surface area contributed by atoms with Gasteiger partial charge in [0.15, 0.2) is 11.6 Å². The molecule has 7 N–H and O–H groups in total. The second kappa shape index (κ2) is 12.2. The summed E-state index contributed by atoms with van der Waals surface area (Å²) in [5.74, 6) is -0.545. The molecule has 0 spiro atoms. The van der Waals surface area contributed by atoms with Gasteiger partial charge >= 0.3 is 0 Å². The van der Waals surface area contributed by atoms with Gasteiger partial charge in [-0.1, -0.05) is 18.5 Å². The van der Waals surface area contributed by atoms with Crippen molar-refractivity contribution >= 4 is 40.9 Å². The van der Waals surface area contributed by atoms with Crippen LogP contribution in [0.5, 0.6) is 0 Å². The van der Waals surface area contributed by atoms with Crippen LogP contribution < -0.4 is 27.2 Å². The summed E-state index contributed by atoms with van der Waals surface area (Å²) in [7, 11) is 0. The van der Waals surface area contributed by atoms with E-state index < -0.39 is 23.6 Å². The fourth-order valence-electron chi connectivity index (χ4n) is 5.87. The summed E-state index contributed by atoms with van der Waals surface area (Å²) >= 11 is 5.88. The minimum absolute atomic E-state index is 0.0884. The number of carbonyl (C=O) groups is 2. The van der Waals surface area contributed by atoms with Crippen molar-refractivity contribution < 1.29 is 19.4 Å². The molecule has 5 heterocycles. The first kappa shape index (κ1) is 29.0. The molecular weight excluding hydrogens is 554 g/mol. The van der Waals surface area contributed by atoms with Gasteiger partial charge in [0, 0.05) is 44.8 Å². The van der Waals surface area contributed by atoms with E-state index in [1.165, 1.54) is 0 Å². The van der Waals surface area contributed by atoms with E-state index in [1.807, 2.05) is 4.90 Å². The Labute approximate surface area is 242 Å². The Morgan fingerprint density at radius 3 is 2.56 bits per heavy atom. The lowest BCUT2D eigenvalue weighted by molar-refractivity contribution is 0.0491. The highest BCUT2D eigenvalue weighted by molar-refractivity contribution is 6.29. The number of aromatic nitrogens is 3. The van der Waals surface area contributed by atoms with Crippen LogP contribution >= 0.6 is 11.6 Å². The highest BCUT2D eigenvalue weighted by Gasteiger charge is 2.36. The van der Waals surface area contributed by atoms with Gasteiger partial charge in [0.25, 0.3) is 17.4 Å². The monoisotopic (exact) mass is 589 g/mol. The first-order valence-electron chi connectivity index (χ1n) is 13.8. The zero-order chi connectivity index (χ0) is 29.3. The van der Waals surface area contributed by atoms with E-state index in [9.17, 15) is 19.5 Å². The highest BCUT2D eigenvalue weighted by atomic mass is 35.5. The number of H-pyrrole nitrogens is 1. The number of hydrogen-bond acceptors (Lipinski definition) is 11. The smallest absolute Gasteiger partial charge is 0.291 e. The molecule has 2 aromatic heterocycles. The van der Waals surface area contributed by atoms with Crippen LogP contribution in [0.3, 0.4) is 0 Å². The molecule has 2 aromatic rings. The van der Waals surface area contributed by atoms with E-state index in [0.29, 0.717) is 44.3 Å². The van der Waals surface area contributed by atoms with Crippen LogP contribution in [-0.2, 0) is 4.74 Å². The molecule has 41 heavy (non-hydrogen) atoms. The molecule has 15 heteroatoms. The number of rotatable bonds is 6. The Balaban J connectivity index is 1.20. The molecule has 3 fully saturated rings. The van der Waals surface area contributed by atoms with Gasteiger partial charge in [0.1, 0.15) is 16.7 Å². The van der Waals surface area contributed by atoms with Gasteiger partial charge in [-0.2, -0.15) is 0 Å². The van der Waals surface area contributed by atoms with E-state index >= 15 is 0 Å². The summed E-state index contributed by atoms with van der Waals surface area (Å²) in [4.78, 5) is 55.7. The molecule has 0 aromatic carbocycles. The molecule has 3 aliphatic heterocycles. The van der Waals surface area contributed by atoms with Crippen LogP contribution in [0.25, 0.3) is 0 Å². The molecule has 2 amide bonds. The molecule has 0 bridgehead atoms. The van der Waals surface area contributed by atoms with E-state index in [1.54, 1.807) is 17.0 Å². The number of hydrogen-bond donors (Lipinski definition) is 5. The lowest BCUT2D eigenvalue weighted by Gasteiger charge is -2.47. The maximum Gasteiger partial charge on any atom is 0.291 e. The van der Waals surface area contributed by atoms with Crippen LogP contribution in [0.1, 0.15) is 47.0 Å². The largest absolute Gasteiger partial charge is 0.388 e. The summed E-state index contributed by atoms with van der Waals surface area (Å²) < 4.78 is 5.15. The summed E-state index contributed by atoms with van der Waals surface area (Å²) in [6, 6.07) is 3.06. The topological polar surface area (TPSA) is 196 Å². The average molecular weight is 590 g/mol. The number of anilines is 3. The number of aromatic amines is 1. The predicted molar refractivity (Wildman–Crippen MR) is 153 cm³/mol. The third-order valence-electron chi connectivity index (χ3n) is 8.16. The molecule has 3 saturated heterocycles. The van der Waals surface area contributed by atoms with Crippen molar-refractivity contribution in [3.63, 3.8) is 0 Å². The summed E-state index contributed by atoms with van der Waals surface area (Å²) in [5, 5.41) is 12.8. The molecule has 5 rings (SSSR count). The number of likely N-dealkylation sites (tertiary alicyclic amines) is 1. The second-order valence-electron chi connectivity index (χ2n) is 10.7. The normalized spacial score (nSPS) is 24.0. The maximum atomic E-state index is 13.0. The number of nitrogens with two attached hydrogens (primary N) is 2. The summed E-state index contributed by atoms with van der Waals surface area (Å²) in [5.41, 5.74) is 11.7. The number of aliphatic hydroxyl groups excluding tert-OH is 1. The highest BCUT2D eigenvalue weighted by Crippen LogP contribution is 2.26. The van der Waals surface area contributed by atoms with Crippen molar-refractivity contribution in [2.75, 3.05) is 62.3 Å². The molecular formula is C26H36ClN9O5. The molecule has 0 saturated carbocycles. The molecule has 3 unspecified atom stereocenters. The van der Waals surface area contributed by atoms with Gasteiger partial charge in [-0.05, 0) is 31.4 Å². The van der Waals surface area contributed by atoms with Crippen LogP contribution in [-0.4, -0.2) is 112 Å². The zero-order valence-corrected chi connectivity index (χ0v) is 23.6. The molecule has 0 aliphatic carbocycles. The number of halogens is 1. The first-order chi connectivity index (χ1) is 19.7. The Morgan fingerprint density at radius 2 is 1.90 bits per heavy atom. The predicted octanol–water partition coefficient (Wildman–Crippen LogP) is -0.322. The number of amides is 2. The minimum Gasteiger partial charge on any atom is -0.388 e. The third kappa shape index (κ3) is 6.10. The lowest BCUT2D eigenvalue weighted by Crippen LogP contribution is -2.59. The van der Waals surface area contributed by atoms with Crippen molar-refractivity contribution in [1.82, 2.24) is 30.1 Å². The Kier molecular flexibility index (Phi) is 8.63. The SMILES string of the molecule is CCC1CN(c2nc(N)c(C(=O)NC3COCC3O)[nH]c2=O)CCN1C1CCN(C(=O)c2ccc(Cl)nc2N)CC1. The van der Waals surface area contributed by atoms with Gasteiger partial charge in [0.05, 0.1) is 30.9 Å². The van der Waals surface area contributed by atoms with Gasteiger partial charge < -0.3 is 41.4 Å². The average Bonchev–Trinajstić information content (AvgIpc) is 3.37. The Hall–Kier alpha value is -3.46. The van der Waals surface area contributed by atoms with Crippen LogP contribution in [0.2, 0.25) is 5.15 Å². The Morgan fingerprint density at radius 1 is 1.15 bits per heavy atom. The number of piperazine rings is 1. The number of nitrogens with zero attached hydrogens (tertiary/aromatic N) is 5. The van der Waals surface area contributed by atoms with Gasteiger partial charge in [-0.3, -0.25) is 19.3 Å². The van der Waals surface area contributed by atoms with Gasteiger partial charge in [0.2, 0.25) is 0 Å². The van der Waals surface area contributed by atoms with Crippen molar-refractivity contribution in [2.24, 2.45) is 0 Å². The third-order valence-corrected chi connectivity index (χ3v) is 8.37. The summed E-state index contributed by atoms with van der Waals surface area (Å²) in [6.45, 7) is 5.48. The number of pyridine rings is 1. The summed E-state index contributed by atoms with van der Waals surface area (Å²) in [6.07, 6.45) is 1.68. The number of nitrogen functional groups attached to an aromatic ring is 2. The standard InChI is InChI=1S/C26H36ClN9O5/c1-2-14-11-35(23-25(39)32-20(22(29)33-23)24(38)30-17-12-41-13-18(17)37)9-10-36(14)15-5-7-34(8-6-15)26(40)16-3-4-19(27)31-21(16)28/h3-4,14-15,17-18,37H,2,5-13H2,1H3,(H2,28,31)(H2,29,33)(H,30,38)(H,32,39). The number of nitrogens with one attached hydrogen (secondary N) is 2. The quantitative estimate of drug-likeness (QED) is 0.277. The fraction of sp³-hybridized carbons (Fsp3) is 0.577. The number of aliphatic hydroxyl groups is 1. The molecule has 14 nitrogen and oxygen atoms in total. The number of ether oxygens (including phenoxy) is 1. The second-order valence-corrected chi connectivity index (χ2v) is 11.1. The van der Waals surface area contributed by atoms with Crippen molar-refractivity contribution in [3.8, 4) is 0 Å². The zero-order valence-electron chi connectivity index (χ0n) is 22.9. The number of carbonyl (C=O) groups excluding carboxylic acids is 2.